The molecule has 0 aliphatic rings. The number of carbonyl (C=O) groups excluding carboxylic acids is 1. The average Bonchev–Trinajstić information content (AvgIpc) is 2.45. The van der Waals surface area contributed by atoms with E-state index in [9.17, 15) is 14.7 Å². The number of nitrogens with one attached hydrogen (secondary N) is 1. The van der Waals surface area contributed by atoms with Gasteiger partial charge < -0.3 is 15.2 Å². The van der Waals surface area contributed by atoms with Gasteiger partial charge in [0.2, 0.25) is 0 Å². The molecule has 1 rings (SSSR count). The maximum atomic E-state index is 11.8. The van der Waals surface area contributed by atoms with Crippen LogP contribution in [0.4, 0.5) is 4.79 Å². The summed E-state index contributed by atoms with van der Waals surface area (Å²) in [5.74, 6) is -1.10. The predicted octanol–water partition coefficient (Wildman–Crippen LogP) is 2.90. The summed E-state index contributed by atoms with van der Waals surface area (Å²) in [6.45, 7) is 3.99. The standard InChI is InChI=1S/C15H21NO4/c1-3-5-11-20-14(19)16-15(4-2,13(17)18)12-9-7-6-8-10-12/h6-10H,3-5,11H2,1-2H3,(H,16,19)(H,17,18). The Labute approximate surface area is 118 Å². The van der Waals surface area contributed by atoms with Crippen molar-refractivity contribution < 1.29 is 19.4 Å². The summed E-state index contributed by atoms with van der Waals surface area (Å²) in [5, 5.41) is 12.0. The van der Waals surface area contributed by atoms with Gasteiger partial charge in [0, 0.05) is 0 Å². The SMILES string of the molecule is CCCCOC(=O)NC(CC)(C(=O)O)c1ccccc1. The predicted molar refractivity (Wildman–Crippen MR) is 75.4 cm³/mol. The summed E-state index contributed by atoms with van der Waals surface area (Å²) >= 11 is 0. The third-order valence-corrected chi connectivity index (χ3v) is 3.21. The number of hydrogen-bond acceptors (Lipinski definition) is 3. The van der Waals surface area contributed by atoms with Crippen LogP contribution in [0.1, 0.15) is 38.7 Å². The van der Waals surface area contributed by atoms with Crippen LogP contribution < -0.4 is 5.32 Å². The van der Waals surface area contributed by atoms with Crippen LogP contribution in [-0.2, 0) is 15.1 Å². The molecule has 1 atom stereocenters. The molecule has 1 amide bonds. The largest absolute Gasteiger partial charge is 0.479 e. The molecule has 0 bridgehead atoms. The van der Waals surface area contributed by atoms with Crippen molar-refractivity contribution in [3.05, 3.63) is 35.9 Å². The zero-order valence-electron chi connectivity index (χ0n) is 11.9. The highest BCUT2D eigenvalue weighted by atomic mass is 16.5. The summed E-state index contributed by atoms with van der Waals surface area (Å²) in [4.78, 5) is 23.4. The molecule has 0 fully saturated rings. The van der Waals surface area contributed by atoms with E-state index in [0.29, 0.717) is 5.56 Å². The van der Waals surface area contributed by atoms with E-state index >= 15 is 0 Å². The number of carbonyl (C=O) groups is 2. The number of ether oxygens (including phenoxy) is 1. The monoisotopic (exact) mass is 279 g/mol. The summed E-state index contributed by atoms with van der Waals surface area (Å²) in [6, 6.07) is 8.65. The molecule has 1 aromatic rings. The molecule has 0 aromatic heterocycles. The first kappa shape index (κ1) is 16.0. The van der Waals surface area contributed by atoms with Crippen molar-refractivity contribution in [3.8, 4) is 0 Å². The van der Waals surface area contributed by atoms with Crippen LogP contribution in [-0.4, -0.2) is 23.8 Å². The molecule has 1 aromatic carbocycles. The molecule has 0 aliphatic carbocycles. The maximum Gasteiger partial charge on any atom is 0.408 e. The van der Waals surface area contributed by atoms with Gasteiger partial charge >= 0.3 is 12.1 Å². The number of unbranched alkanes of at least 4 members (excludes halogenated alkanes) is 1. The van der Waals surface area contributed by atoms with E-state index in [1.54, 1.807) is 37.3 Å². The van der Waals surface area contributed by atoms with E-state index in [0.717, 1.165) is 12.8 Å². The molecular weight excluding hydrogens is 258 g/mol. The molecule has 110 valence electrons. The maximum absolute atomic E-state index is 11.8. The first-order valence-corrected chi connectivity index (χ1v) is 6.80. The Bertz CT molecular complexity index is 446. The highest BCUT2D eigenvalue weighted by Crippen LogP contribution is 2.25. The fourth-order valence-electron chi connectivity index (χ4n) is 1.94. The topological polar surface area (TPSA) is 75.6 Å². The molecule has 0 radical (unpaired) electrons. The van der Waals surface area contributed by atoms with Crippen LogP contribution in [0.5, 0.6) is 0 Å². The summed E-state index contributed by atoms with van der Waals surface area (Å²) < 4.78 is 5.00. The second-order valence-electron chi connectivity index (χ2n) is 4.54. The van der Waals surface area contributed by atoms with Gasteiger partial charge in [-0.25, -0.2) is 9.59 Å². The van der Waals surface area contributed by atoms with E-state index in [1.165, 1.54) is 0 Å². The normalized spacial score (nSPS) is 13.3. The average molecular weight is 279 g/mol. The third-order valence-electron chi connectivity index (χ3n) is 3.21. The van der Waals surface area contributed by atoms with E-state index in [-0.39, 0.29) is 13.0 Å². The Hall–Kier alpha value is -2.04. The lowest BCUT2D eigenvalue weighted by molar-refractivity contribution is -0.145. The second kappa shape index (κ2) is 7.53. The number of benzene rings is 1. The quantitative estimate of drug-likeness (QED) is 0.752. The van der Waals surface area contributed by atoms with E-state index in [1.807, 2.05) is 6.92 Å². The Kier molecular flexibility index (Phi) is 6.03. The molecule has 0 heterocycles. The van der Waals surface area contributed by atoms with Crippen LogP contribution in [0.25, 0.3) is 0 Å². The van der Waals surface area contributed by atoms with Gasteiger partial charge in [-0.2, -0.15) is 0 Å². The first-order valence-electron chi connectivity index (χ1n) is 6.80. The fraction of sp³-hybridized carbons (Fsp3) is 0.467. The number of hydrogen-bond donors (Lipinski definition) is 2. The molecular formula is C15H21NO4. The van der Waals surface area contributed by atoms with Crippen molar-refractivity contribution in [2.45, 2.75) is 38.6 Å². The molecule has 0 aliphatic heterocycles. The Balaban J connectivity index is 2.90. The lowest BCUT2D eigenvalue weighted by atomic mass is 9.87. The number of alkyl carbamates (subject to hydrolysis) is 1. The number of amides is 1. The minimum absolute atomic E-state index is 0.231. The van der Waals surface area contributed by atoms with Crippen molar-refractivity contribution >= 4 is 12.1 Å². The minimum Gasteiger partial charge on any atom is -0.479 e. The Morgan fingerprint density at radius 2 is 1.90 bits per heavy atom. The molecule has 5 nitrogen and oxygen atoms in total. The molecule has 5 heteroatoms. The van der Waals surface area contributed by atoms with Gasteiger partial charge in [-0.05, 0) is 18.4 Å². The molecule has 0 spiro atoms. The van der Waals surface area contributed by atoms with Gasteiger partial charge in [0.15, 0.2) is 5.54 Å². The van der Waals surface area contributed by atoms with Gasteiger partial charge in [0.25, 0.3) is 0 Å². The van der Waals surface area contributed by atoms with Crippen molar-refractivity contribution in [2.24, 2.45) is 0 Å². The first-order chi connectivity index (χ1) is 9.56. The fourth-order valence-corrected chi connectivity index (χ4v) is 1.94. The van der Waals surface area contributed by atoms with Gasteiger partial charge in [0.1, 0.15) is 0 Å². The van der Waals surface area contributed by atoms with Crippen molar-refractivity contribution in [2.75, 3.05) is 6.61 Å². The van der Waals surface area contributed by atoms with E-state index in [4.69, 9.17) is 4.74 Å². The Morgan fingerprint density at radius 1 is 1.25 bits per heavy atom. The van der Waals surface area contributed by atoms with Crippen molar-refractivity contribution in [1.82, 2.24) is 5.32 Å². The van der Waals surface area contributed by atoms with Crippen LogP contribution in [0, 0.1) is 0 Å². The van der Waals surface area contributed by atoms with Crippen LogP contribution in [0.15, 0.2) is 30.3 Å². The van der Waals surface area contributed by atoms with Crippen LogP contribution in [0.2, 0.25) is 0 Å². The number of carboxylic acid groups (broad SMARTS) is 1. The molecule has 0 saturated heterocycles. The lowest BCUT2D eigenvalue weighted by Gasteiger charge is -2.29. The molecule has 1 unspecified atom stereocenters. The third kappa shape index (κ3) is 3.73. The number of aliphatic carboxylic acids is 1. The zero-order valence-corrected chi connectivity index (χ0v) is 11.9. The highest BCUT2D eigenvalue weighted by molar-refractivity contribution is 5.85. The summed E-state index contributed by atoms with van der Waals surface area (Å²) in [6.07, 6.45) is 1.19. The van der Waals surface area contributed by atoms with Gasteiger partial charge in [0.05, 0.1) is 6.61 Å². The van der Waals surface area contributed by atoms with Crippen LogP contribution >= 0.6 is 0 Å². The van der Waals surface area contributed by atoms with E-state index in [2.05, 4.69) is 5.32 Å². The molecule has 20 heavy (non-hydrogen) atoms. The summed E-state index contributed by atoms with van der Waals surface area (Å²) in [5.41, 5.74) is -0.924. The number of carboxylic acids is 1. The summed E-state index contributed by atoms with van der Waals surface area (Å²) in [7, 11) is 0. The van der Waals surface area contributed by atoms with Gasteiger partial charge in [-0.15, -0.1) is 0 Å². The van der Waals surface area contributed by atoms with Crippen molar-refractivity contribution in [3.63, 3.8) is 0 Å². The zero-order chi connectivity index (χ0) is 15.0. The second-order valence-corrected chi connectivity index (χ2v) is 4.54. The molecule has 2 N–H and O–H groups in total. The smallest absolute Gasteiger partial charge is 0.408 e. The van der Waals surface area contributed by atoms with Crippen LogP contribution in [0.3, 0.4) is 0 Å². The van der Waals surface area contributed by atoms with Crippen molar-refractivity contribution in [1.29, 1.82) is 0 Å². The van der Waals surface area contributed by atoms with E-state index < -0.39 is 17.6 Å². The number of rotatable bonds is 7. The molecule has 0 saturated carbocycles. The Morgan fingerprint density at radius 3 is 2.40 bits per heavy atom. The van der Waals surface area contributed by atoms with Gasteiger partial charge in [-0.1, -0.05) is 50.6 Å². The van der Waals surface area contributed by atoms with Gasteiger partial charge in [-0.3, -0.25) is 0 Å². The highest BCUT2D eigenvalue weighted by Gasteiger charge is 2.40. The minimum atomic E-state index is -1.45. The lowest BCUT2D eigenvalue weighted by Crippen LogP contribution is -2.51.